The zero-order valence-corrected chi connectivity index (χ0v) is 16.8. The topological polar surface area (TPSA) is 110 Å². The lowest BCUT2D eigenvalue weighted by molar-refractivity contribution is -0.164. The van der Waals surface area contributed by atoms with Crippen molar-refractivity contribution in [3.8, 4) is 0 Å². The van der Waals surface area contributed by atoms with E-state index in [1.807, 2.05) is 51.1 Å². The van der Waals surface area contributed by atoms with Gasteiger partial charge in [0.15, 0.2) is 0 Å². The molecule has 28 heavy (non-hydrogen) atoms. The summed E-state index contributed by atoms with van der Waals surface area (Å²) in [5.74, 6) is -2.76. The molecule has 1 heterocycles. The van der Waals surface area contributed by atoms with E-state index in [4.69, 9.17) is 10.5 Å². The first-order valence-electron chi connectivity index (χ1n) is 9.61. The van der Waals surface area contributed by atoms with Gasteiger partial charge in [-0.3, -0.25) is 14.4 Å². The van der Waals surface area contributed by atoms with Crippen molar-refractivity contribution >= 4 is 17.8 Å². The average Bonchev–Trinajstić information content (AvgIpc) is 2.60. The van der Waals surface area contributed by atoms with E-state index in [1.54, 1.807) is 0 Å². The number of piperidine rings is 1. The minimum Gasteiger partial charge on any atom is -0.481 e. The van der Waals surface area contributed by atoms with Crippen molar-refractivity contribution in [1.82, 2.24) is 4.90 Å². The number of hydrogen-bond donors (Lipinski definition) is 2. The Hall–Kier alpha value is -2.41. The number of aliphatic carboxylic acids is 1. The van der Waals surface area contributed by atoms with Crippen LogP contribution in [0, 0.1) is 11.8 Å². The van der Waals surface area contributed by atoms with E-state index in [-0.39, 0.29) is 30.6 Å². The molecular weight excluding hydrogens is 360 g/mol. The smallest absolute Gasteiger partial charge is 0.309 e. The van der Waals surface area contributed by atoms with Gasteiger partial charge in [0.2, 0.25) is 5.91 Å². The maximum Gasteiger partial charge on any atom is 0.309 e. The molecule has 1 saturated heterocycles. The summed E-state index contributed by atoms with van der Waals surface area (Å²) in [5, 5.41) is 9.51. The highest BCUT2D eigenvalue weighted by atomic mass is 16.6. The largest absolute Gasteiger partial charge is 0.481 e. The van der Waals surface area contributed by atoms with Crippen LogP contribution >= 0.6 is 0 Å². The fourth-order valence-electron chi connectivity index (χ4n) is 3.38. The molecule has 0 bridgehead atoms. The lowest BCUT2D eigenvalue weighted by atomic mass is 9.92. The lowest BCUT2D eigenvalue weighted by Gasteiger charge is -2.37. The molecule has 1 amide bonds. The molecule has 1 aliphatic rings. The number of likely N-dealkylation sites (tertiary alicyclic amines) is 1. The Morgan fingerprint density at radius 1 is 1.25 bits per heavy atom. The van der Waals surface area contributed by atoms with Gasteiger partial charge < -0.3 is 20.5 Å². The molecule has 0 aliphatic carbocycles. The average molecular weight is 390 g/mol. The van der Waals surface area contributed by atoms with Gasteiger partial charge in [0.05, 0.1) is 18.0 Å². The molecule has 1 aromatic rings. The second-order valence-electron chi connectivity index (χ2n) is 8.34. The van der Waals surface area contributed by atoms with Crippen molar-refractivity contribution in [3.63, 3.8) is 0 Å². The van der Waals surface area contributed by atoms with E-state index in [0.29, 0.717) is 19.4 Å². The molecule has 1 aromatic carbocycles. The summed E-state index contributed by atoms with van der Waals surface area (Å²) in [6, 6.07) is 9.23. The Kier molecular flexibility index (Phi) is 7.18. The molecule has 0 aromatic heterocycles. The number of ether oxygens (including phenoxy) is 1. The number of carbonyl (C=O) groups is 3. The van der Waals surface area contributed by atoms with Crippen molar-refractivity contribution in [1.29, 1.82) is 0 Å². The summed E-state index contributed by atoms with van der Waals surface area (Å²) in [6.07, 6.45) is 0.326. The van der Waals surface area contributed by atoms with E-state index in [1.165, 1.54) is 4.90 Å². The maximum absolute atomic E-state index is 12.7. The SMILES string of the molecule is CC(C)(C)OC(=O)C1CCN(C(=O)CC(Cc2ccccc2)C(=O)O)[C@@H](N)C1. The minimum absolute atomic E-state index is 0.116. The van der Waals surface area contributed by atoms with Crippen LogP contribution in [0.4, 0.5) is 0 Å². The summed E-state index contributed by atoms with van der Waals surface area (Å²) in [7, 11) is 0. The molecular formula is C21H30N2O5. The van der Waals surface area contributed by atoms with Gasteiger partial charge >= 0.3 is 11.9 Å². The quantitative estimate of drug-likeness (QED) is 0.721. The third-order valence-electron chi connectivity index (χ3n) is 4.80. The summed E-state index contributed by atoms with van der Waals surface area (Å²) in [4.78, 5) is 38.0. The molecule has 0 spiro atoms. The number of hydrogen-bond acceptors (Lipinski definition) is 5. The zero-order valence-electron chi connectivity index (χ0n) is 16.8. The molecule has 3 atom stereocenters. The van der Waals surface area contributed by atoms with Gasteiger partial charge in [-0.15, -0.1) is 0 Å². The van der Waals surface area contributed by atoms with E-state index >= 15 is 0 Å². The molecule has 7 heteroatoms. The van der Waals surface area contributed by atoms with E-state index in [0.717, 1.165) is 5.56 Å². The fraction of sp³-hybridized carbons (Fsp3) is 0.571. The van der Waals surface area contributed by atoms with E-state index < -0.39 is 23.7 Å². The van der Waals surface area contributed by atoms with E-state index in [2.05, 4.69) is 0 Å². The first kappa shape index (κ1) is 21.9. The molecule has 2 rings (SSSR count). The molecule has 154 valence electrons. The summed E-state index contributed by atoms with van der Waals surface area (Å²) in [5.41, 5.74) is 6.43. The van der Waals surface area contributed by atoms with Gasteiger partial charge in [0, 0.05) is 13.0 Å². The Morgan fingerprint density at radius 3 is 2.43 bits per heavy atom. The predicted molar refractivity (Wildman–Crippen MR) is 104 cm³/mol. The molecule has 3 N–H and O–H groups in total. The van der Waals surface area contributed by atoms with Crippen LogP contribution in [0.25, 0.3) is 0 Å². The van der Waals surface area contributed by atoms with Crippen LogP contribution in [0.1, 0.15) is 45.6 Å². The summed E-state index contributed by atoms with van der Waals surface area (Å²) in [6.45, 7) is 5.74. The van der Waals surface area contributed by atoms with Crippen molar-refractivity contribution in [2.24, 2.45) is 17.6 Å². The van der Waals surface area contributed by atoms with Gasteiger partial charge in [-0.1, -0.05) is 30.3 Å². The number of nitrogens with zero attached hydrogens (tertiary/aromatic N) is 1. The molecule has 2 unspecified atom stereocenters. The van der Waals surface area contributed by atoms with Crippen molar-refractivity contribution in [2.45, 2.75) is 58.2 Å². The van der Waals surface area contributed by atoms with Gasteiger partial charge in [-0.05, 0) is 45.6 Å². The standard InChI is InChI=1S/C21H30N2O5/c1-21(2,3)28-20(27)15-9-10-23(17(22)12-15)18(24)13-16(19(25)26)11-14-7-5-4-6-8-14/h4-8,15-17H,9-13,22H2,1-3H3,(H,25,26)/t15?,16?,17-/m1/s1. The van der Waals surface area contributed by atoms with Crippen LogP contribution in [0.15, 0.2) is 30.3 Å². The van der Waals surface area contributed by atoms with E-state index in [9.17, 15) is 19.5 Å². The highest BCUT2D eigenvalue weighted by Crippen LogP contribution is 2.25. The Labute approximate surface area is 165 Å². The lowest BCUT2D eigenvalue weighted by Crippen LogP contribution is -2.53. The number of carboxylic acid groups (broad SMARTS) is 1. The minimum atomic E-state index is -1.01. The van der Waals surface area contributed by atoms with Gasteiger partial charge in [0.25, 0.3) is 0 Å². The van der Waals surface area contributed by atoms with Crippen molar-refractivity contribution in [3.05, 3.63) is 35.9 Å². The monoisotopic (exact) mass is 390 g/mol. The number of amides is 1. The number of nitrogens with two attached hydrogens (primary N) is 1. The van der Waals surface area contributed by atoms with Crippen LogP contribution in [0.3, 0.4) is 0 Å². The number of rotatable bonds is 6. The molecule has 1 fully saturated rings. The zero-order chi connectivity index (χ0) is 20.9. The van der Waals surface area contributed by atoms with Gasteiger partial charge in [0.1, 0.15) is 5.60 Å². The Balaban J connectivity index is 1.94. The Bertz CT molecular complexity index is 698. The first-order chi connectivity index (χ1) is 13.1. The van der Waals surface area contributed by atoms with Crippen LogP contribution in [-0.2, 0) is 25.5 Å². The number of carbonyl (C=O) groups excluding carboxylic acids is 2. The Morgan fingerprint density at radius 2 is 1.89 bits per heavy atom. The molecule has 0 radical (unpaired) electrons. The number of benzene rings is 1. The fourth-order valence-corrected chi connectivity index (χ4v) is 3.38. The summed E-state index contributed by atoms with van der Waals surface area (Å²) < 4.78 is 5.41. The first-order valence-corrected chi connectivity index (χ1v) is 9.61. The van der Waals surface area contributed by atoms with Crippen molar-refractivity contribution < 1.29 is 24.2 Å². The maximum atomic E-state index is 12.7. The van der Waals surface area contributed by atoms with Crippen molar-refractivity contribution in [2.75, 3.05) is 6.54 Å². The third-order valence-corrected chi connectivity index (χ3v) is 4.80. The molecule has 1 aliphatic heterocycles. The van der Waals surface area contributed by atoms with Gasteiger partial charge in [-0.25, -0.2) is 0 Å². The normalized spacial score (nSPS) is 21.1. The number of carboxylic acids is 1. The molecule has 0 saturated carbocycles. The highest BCUT2D eigenvalue weighted by Gasteiger charge is 2.36. The van der Waals surface area contributed by atoms with Crippen LogP contribution in [-0.4, -0.2) is 46.2 Å². The van der Waals surface area contributed by atoms with Crippen LogP contribution in [0.5, 0.6) is 0 Å². The summed E-state index contributed by atoms with van der Waals surface area (Å²) >= 11 is 0. The predicted octanol–water partition coefficient (Wildman–Crippen LogP) is 2.19. The third kappa shape index (κ3) is 6.34. The number of esters is 1. The van der Waals surface area contributed by atoms with Crippen LogP contribution in [0.2, 0.25) is 0 Å². The second kappa shape index (κ2) is 9.19. The molecule has 7 nitrogen and oxygen atoms in total. The second-order valence-corrected chi connectivity index (χ2v) is 8.34. The highest BCUT2D eigenvalue weighted by molar-refractivity contribution is 5.83. The van der Waals surface area contributed by atoms with Crippen LogP contribution < -0.4 is 5.73 Å². The van der Waals surface area contributed by atoms with Gasteiger partial charge in [-0.2, -0.15) is 0 Å².